The van der Waals surface area contributed by atoms with Crippen LogP contribution in [-0.2, 0) is 11.3 Å². The minimum Gasteiger partial charge on any atom is -0.493 e. The molecule has 2 heterocycles. The molecule has 8 heteroatoms. The Kier molecular flexibility index (Phi) is 4.30. The Morgan fingerprint density at radius 3 is 2.96 bits per heavy atom. The van der Waals surface area contributed by atoms with Crippen molar-refractivity contribution in [2.24, 2.45) is 4.99 Å². The lowest BCUT2D eigenvalue weighted by Gasteiger charge is -2.02. The average molecular weight is 348 g/mol. The van der Waals surface area contributed by atoms with E-state index in [1.54, 1.807) is 18.4 Å². The number of nitrogens with zero attached hydrogens (tertiary/aromatic N) is 2. The van der Waals surface area contributed by atoms with Gasteiger partial charge in [0, 0.05) is 30.3 Å². The number of thiazole rings is 1. The van der Waals surface area contributed by atoms with E-state index in [9.17, 15) is 19.1 Å². The van der Waals surface area contributed by atoms with Crippen molar-refractivity contribution in [1.29, 1.82) is 0 Å². The lowest BCUT2D eigenvalue weighted by atomic mass is 10.1. The second kappa shape index (κ2) is 6.40. The molecule has 0 amide bonds. The third-order valence-electron chi connectivity index (χ3n) is 3.56. The zero-order chi connectivity index (χ0) is 17.3. The first-order chi connectivity index (χ1) is 11.5. The summed E-state index contributed by atoms with van der Waals surface area (Å²) in [4.78, 5) is 26.6. The fraction of sp³-hybridized carbons (Fsp3) is 0.188. The number of hydrogen-bond acceptors (Lipinski definition) is 5. The van der Waals surface area contributed by atoms with Crippen LogP contribution in [0.3, 0.4) is 0 Å². The van der Waals surface area contributed by atoms with Crippen LogP contribution in [0.2, 0.25) is 0 Å². The number of aliphatic imine (C=N–C) groups is 1. The van der Waals surface area contributed by atoms with Gasteiger partial charge in [-0.1, -0.05) is 11.3 Å². The molecule has 0 spiro atoms. The normalized spacial score (nSPS) is 14.3. The molecule has 1 aromatic carbocycles. The number of benzene rings is 1. The van der Waals surface area contributed by atoms with Crippen LogP contribution in [-0.4, -0.2) is 27.0 Å². The molecule has 0 fully saturated rings. The van der Waals surface area contributed by atoms with Gasteiger partial charge >= 0.3 is 10.8 Å². The number of carboxylic acid groups (broad SMARTS) is 1. The number of carboxylic acids is 1. The molecule has 0 bridgehead atoms. The summed E-state index contributed by atoms with van der Waals surface area (Å²) in [6, 6.07) is 4.22. The Labute approximate surface area is 139 Å². The topological polar surface area (TPSA) is 91.9 Å². The molecule has 0 saturated carbocycles. The van der Waals surface area contributed by atoms with Crippen molar-refractivity contribution in [2.45, 2.75) is 19.4 Å². The molecule has 0 unspecified atom stereocenters. The molecule has 2 aromatic rings. The van der Waals surface area contributed by atoms with E-state index in [0.717, 1.165) is 15.9 Å². The fourth-order valence-corrected chi connectivity index (χ4v) is 3.27. The van der Waals surface area contributed by atoms with E-state index in [2.05, 4.69) is 4.99 Å². The molecular weight excluding hydrogens is 335 g/mol. The second-order valence-corrected chi connectivity index (χ2v) is 6.22. The van der Waals surface area contributed by atoms with Gasteiger partial charge in [0.1, 0.15) is 5.82 Å². The van der Waals surface area contributed by atoms with E-state index >= 15 is 0 Å². The van der Waals surface area contributed by atoms with E-state index in [0.29, 0.717) is 21.7 Å². The molecule has 1 aliphatic rings. The summed E-state index contributed by atoms with van der Waals surface area (Å²) in [5.41, 5.74) is 1.81. The first-order valence-corrected chi connectivity index (χ1v) is 7.97. The second-order valence-electron chi connectivity index (χ2n) is 5.22. The number of halogens is 1. The van der Waals surface area contributed by atoms with Crippen LogP contribution in [0.25, 0.3) is 11.6 Å². The van der Waals surface area contributed by atoms with Crippen LogP contribution in [0.5, 0.6) is 5.88 Å². The molecule has 0 atom stereocenters. The molecule has 3 rings (SSSR count). The summed E-state index contributed by atoms with van der Waals surface area (Å²) in [6.07, 6.45) is 3.27. The minimum atomic E-state index is -0.957. The monoisotopic (exact) mass is 348 g/mol. The van der Waals surface area contributed by atoms with Crippen molar-refractivity contribution >= 4 is 40.9 Å². The lowest BCUT2D eigenvalue weighted by molar-refractivity contribution is -0.137. The summed E-state index contributed by atoms with van der Waals surface area (Å²) < 4.78 is 14.5. The summed E-state index contributed by atoms with van der Waals surface area (Å²) in [7, 11) is 0. The molecular formula is C16H13FN2O4S. The Morgan fingerprint density at radius 1 is 1.42 bits per heavy atom. The number of carbonyl (C=O) groups is 1. The highest BCUT2D eigenvalue weighted by molar-refractivity contribution is 7.10. The van der Waals surface area contributed by atoms with E-state index < -0.39 is 11.8 Å². The summed E-state index contributed by atoms with van der Waals surface area (Å²) >= 11 is 0.844. The van der Waals surface area contributed by atoms with Crippen LogP contribution in [0, 0.1) is 5.82 Å². The maximum atomic E-state index is 13.4. The van der Waals surface area contributed by atoms with Gasteiger partial charge in [-0.05, 0) is 30.7 Å². The van der Waals surface area contributed by atoms with Gasteiger partial charge in [-0.3, -0.25) is 19.1 Å². The maximum Gasteiger partial charge on any atom is 0.310 e. The largest absolute Gasteiger partial charge is 0.493 e. The van der Waals surface area contributed by atoms with E-state index in [-0.39, 0.29) is 30.1 Å². The zero-order valence-corrected chi connectivity index (χ0v) is 13.2. The van der Waals surface area contributed by atoms with Crippen molar-refractivity contribution in [2.75, 3.05) is 0 Å². The first kappa shape index (κ1) is 16.1. The first-order valence-electron chi connectivity index (χ1n) is 7.16. The SMILES string of the molecule is O=C(O)CCCn1c(O)c(C=C2C=Nc3ccc(F)cc32)sc1=O. The van der Waals surface area contributed by atoms with Gasteiger partial charge < -0.3 is 10.2 Å². The van der Waals surface area contributed by atoms with Gasteiger partial charge in [0.25, 0.3) is 0 Å². The zero-order valence-electron chi connectivity index (χ0n) is 12.4. The third kappa shape index (κ3) is 3.13. The summed E-state index contributed by atoms with van der Waals surface area (Å²) in [5.74, 6) is -1.57. The number of hydrogen-bond donors (Lipinski definition) is 2. The van der Waals surface area contributed by atoms with Crippen LogP contribution in [0.1, 0.15) is 23.3 Å². The van der Waals surface area contributed by atoms with Crippen LogP contribution >= 0.6 is 11.3 Å². The number of allylic oxidation sites excluding steroid dienone is 1. The molecule has 0 saturated heterocycles. The average Bonchev–Trinajstić information content (AvgIpc) is 3.03. The van der Waals surface area contributed by atoms with Crippen molar-refractivity contribution in [3.63, 3.8) is 0 Å². The van der Waals surface area contributed by atoms with Gasteiger partial charge in [0.2, 0.25) is 5.88 Å². The van der Waals surface area contributed by atoms with Gasteiger partial charge in [-0.15, -0.1) is 0 Å². The Morgan fingerprint density at radius 2 is 2.21 bits per heavy atom. The highest BCUT2D eigenvalue weighted by Crippen LogP contribution is 2.35. The molecule has 124 valence electrons. The number of aromatic nitrogens is 1. The van der Waals surface area contributed by atoms with Gasteiger partial charge in [-0.25, -0.2) is 4.39 Å². The standard InChI is InChI=1S/C16H13FN2O4S/c17-10-3-4-12-11(7-10)9(8-18-12)6-13-15(22)19(16(23)24-13)5-1-2-14(20)21/h3-4,6-8,22H,1-2,5H2,(H,20,21). The van der Waals surface area contributed by atoms with Crippen molar-refractivity contribution in [3.05, 3.63) is 44.1 Å². The molecule has 24 heavy (non-hydrogen) atoms. The van der Waals surface area contributed by atoms with E-state index in [1.807, 2.05) is 0 Å². The van der Waals surface area contributed by atoms with Crippen LogP contribution < -0.4 is 4.87 Å². The van der Waals surface area contributed by atoms with Crippen LogP contribution in [0.4, 0.5) is 10.1 Å². The highest BCUT2D eigenvalue weighted by atomic mass is 32.1. The number of rotatable bonds is 5. The smallest absolute Gasteiger partial charge is 0.310 e. The van der Waals surface area contributed by atoms with Crippen molar-refractivity contribution < 1.29 is 19.4 Å². The highest BCUT2D eigenvalue weighted by Gasteiger charge is 2.17. The lowest BCUT2D eigenvalue weighted by Crippen LogP contribution is -2.13. The summed E-state index contributed by atoms with van der Waals surface area (Å²) in [5, 5.41) is 18.8. The van der Waals surface area contributed by atoms with Crippen molar-refractivity contribution in [1.82, 2.24) is 4.57 Å². The van der Waals surface area contributed by atoms with Gasteiger partial charge in [-0.2, -0.15) is 0 Å². The van der Waals surface area contributed by atoms with Gasteiger partial charge in [0.05, 0.1) is 10.6 Å². The van der Waals surface area contributed by atoms with E-state index in [4.69, 9.17) is 5.11 Å². The Balaban J connectivity index is 1.90. The fourth-order valence-electron chi connectivity index (χ4n) is 2.41. The maximum absolute atomic E-state index is 13.4. The predicted molar refractivity (Wildman–Crippen MR) is 89.5 cm³/mol. The van der Waals surface area contributed by atoms with Crippen LogP contribution in [0.15, 0.2) is 28.0 Å². The molecule has 2 N–H and O–H groups in total. The van der Waals surface area contributed by atoms with Gasteiger partial charge in [0.15, 0.2) is 0 Å². The number of aliphatic carboxylic acids is 1. The Hall–Kier alpha value is -2.74. The molecule has 1 aromatic heterocycles. The molecule has 1 aliphatic heterocycles. The molecule has 0 aliphatic carbocycles. The summed E-state index contributed by atoms with van der Waals surface area (Å²) in [6.45, 7) is 0.121. The quantitative estimate of drug-likeness (QED) is 0.869. The van der Waals surface area contributed by atoms with Crippen molar-refractivity contribution in [3.8, 4) is 5.88 Å². The third-order valence-corrected chi connectivity index (χ3v) is 4.48. The number of fused-ring (bicyclic) bond motifs is 1. The number of aromatic hydroxyl groups is 1. The Bertz CT molecular complexity index is 927. The molecule has 6 nitrogen and oxygen atoms in total. The predicted octanol–water partition coefficient (Wildman–Crippen LogP) is 2.88. The molecule has 0 radical (unpaired) electrons. The minimum absolute atomic E-state index is 0.0859. The van der Waals surface area contributed by atoms with E-state index in [1.165, 1.54) is 12.1 Å².